The van der Waals surface area contributed by atoms with Crippen LogP contribution in [-0.4, -0.2) is 30.4 Å². The Kier molecular flexibility index (Phi) is 4.97. The molecule has 1 saturated heterocycles. The molecule has 1 fully saturated rings. The second-order valence-corrected chi connectivity index (χ2v) is 5.87. The van der Waals surface area contributed by atoms with Crippen LogP contribution in [0.25, 0.3) is 0 Å². The highest BCUT2D eigenvalue weighted by Gasteiger charge is 2.21. The Labute approximate surface area is 116 Å². The summed E-state index contributed by atoms with van der Waals surface area (Å²) in [4.78, 5) is 14.3. The minimum Gasteiger partial charge on any atom is -0.326 e. The van der Waals surface area contributed by atoms with Gasteiger partial charge >= 0.3 is 0 Å². The number of carbonyl (C=O) groups excluding carboxylic acids is 1. The summed E-state index contributed by atoms with van der Waals surface area (Å²) in [5.74, 6) is 1.61. The topological polar surface area (TPSA) is 32.3 Å². The van der Waals surface area contributed by atoms with Crippen molar-refractivity contribution in [2.75, 3.05) is 25.0 Å². The number of para-hydroxylation sites is 1. The van der Waals surface area contributed by atoms with Gasteiger partial charge in [-0.25, -0.2) is 0 Å². The minimum absolute atomic E-state index is 0.108. The van der Waals surface area contributed by atoms with Crippen molar-refractivity contribution in [3.8, 4) is 0 Å². The smallest absolute Gasteiger partial charge is 0.225 e. The number of benzene rings is 1. The Bertz CT molecular complexity index is 394. The molecule has 3 nitrogen and oxygen atoms in total. The lowest BCUT2D eigenvalue weighted by Crippen LogP contribution is -2.40. The molecular weight excluding hydrogens is 236 g/mol. The second kappa shape index (κ2) is 6.71. The zero-order valence-corrected chi connectivity index (χ0v) is 11.9. The molecule has 0 spiro atoms. The first-order valence-corrected chi connectivity index (χ1v) is 7.20. The van der Waals surface area contributed by atoms with E-state index in [1.807, 2.05) is 30.3 Å². The van der Waals surface area contributed by atoms with Crippen LogP contribution in [0.4, 0.5) is 5.69 Å². The molecule has 1 amide bonds. The zero-order valence-electron chi connectivity index (χ0n) is 11.9. The summed E-state index contributed by atoms with van der Waals surface area (Å²) in [6.45, 7) is 7.72. The molecule has 0 saturated carbocycles. The molecule has 2 rings (SSSR count). The van der Waals surface area contributed by atoms with Crippen molar-refractivity contribution in [3.63, 3.8) is 0 Å². The molecule has 0 radical (unpaired) electrons. The van der Waals surface area contributed by atoms with Crippen LogP contribution in [0.3, 0.4) is 0 Å². The van der Waals surface area contributed by atoms with Gasteiger partial charge in [0.15, 0.2) is 0 Å². The predicted molar refractivity (Wildman–Crippen MR) is 79.1 cm³/mol. The summed E-state index contributed by atoms with van der Waals surface area (Å²) in [6.07, 6.45) is 1.89. The largest absolute Gasteiger partial charge is 0.326 e. The molecule has 104 valence electrons. The van der Waals surface area contributed by atoms with Crippen LogP contribution < -0.4 is 5.32 Å². The molecule has 19 heavy (non-hydrogen) atoms. The van der Waals surface area contributed by atoms with E-state index < -0.39 is 0 Å². The normalized spacial score (nSPS) is 24.1. The predicted octanol–water partition coefficient (Wildman–Crippen LogP) is 2.99. The summed E-state index contributed by atoms with van der Waals surface area (Å²) < 4.78 is 0. The van der Waals surface area contributed by atoms with Crippen LogP contribution >= 0.6 is 0 Å². The molecule has 2 unspecified atom stereocenters. The molecule has 2 atom stereocenters. The summed E-state index contributed by atoms with van der Waals surface area (Å²) in [5, 5.41) is 2.94. The maximum absolute atomic E-state index is 11.9. The molecule has 1 aliphatic rings. The molecule has 1 aliphatic heterocycles. The van der Waals surface area contributed by atoms with Gasteiger partial charge in [-0.05, 0) is 30.4 Å². The molecule has 1 aromatic rings. The van der Waals surface area contributed by atoms with E-state index in [-0.39, 0.29) is 5.91 Å². The standard InChI is InChI=1S/C16H24N2O/c1-13-10-14(2)12-18(11-13)9-8-16(19)17-15-6-4-3-5-7-15/h3-7,13-14H,8-12H2,1-2H3,(H,17,19). The molecule has 1 heterocycles. The van der Waals surface area contributed by atoms with Crippen LogP contribution in [0, 0.1) is 11.8 Å². The van der Waals surface area contributed by atoms with Gasteiger partial charge in [0, 0.05) is 31.7 Å². The average molecular weight is 260 g/mol. The molecular formula is C16H24N2O. The van der Waals surface area contributed by atoms with Crippen molar-refractivity contribution in [1.29, 1.82) is 0 Å². The van der Waals surface area contributed by atoms with E-state index in [9.17, 15) is 4.79 Å². The average Bonchev–Trinajstić information content (AvgIpc) is 2.36. The monoisotopic (exact) mass is 260 g/mol. The SMILES string of the molecule is CC1CC(C)CN(CCC(=O)Nc2ccccc2)C1. The minimum atomic E-state index is 0.108. The van der Waals surface area contributed by atoms with Crippen molar-refractivity contribution in [2.45, 2.75) is 26.7 Å². The first-order chi connectivity index (χ1) is 9.13. The molecule has 3 heteroatoms. The van der Waals surface area contributed by atoms with E-state index in [1.54, 1.807) is 0 Å². The van der Waals surface area contributed by atoms with E-state index in [0.29, 0.717) is 6.42 Å². The Morgan fingerprint density at radius 1 is 1.21 bits per heavy atom. The van der Waals surface area contributed by atoms with Crippen molar-refractivity contribution in [1.82, 2.24) is 4.90 Å². The number of amides is 1. The summed E-state index contributed by atoms with van der Waals surface area (Å²) in [5.41, 5.74) is 0.882. The lowest BCUT2D eigenvalue weighted by atomic mass is 9.92. The third-order valence-corrected chi connectivity index (χ3v) is 3.66. The van der Waals surface area contributed by atoms with Crippen LogP contribution in [0.1, 0.15) is 26.7 Å². The maximum Gasteiger partial charge on any atom is 0.225 e. The number of hydrogen-bond donors (Lipinski definition) is 1. The van der Waals surface area contributed by atoms with E-state index >= 15 is 0 Å². The van der Waals surface area contributed by atoms with Crippen molar-refractivity contribution < 1.29 is 4.79 Å². The molecule has 0 bridgehead atoms. The van der Waals surface area contributed by atoms with Gasteiger partial charge in [0.05, 0.1) is 0 Å². The van der Waals surface area contributed by atoms with E-state index in [0.717, 1.165) is 37.2 Å². The number of nitrogens with one attached hydrogen (secondary N) is 1. The van der Waals surface area contributed by atoms with Crippen LogP contribution in [0.15, 0.2) is 30.3 Å². The summed E-state index contributed by atoms with van der Waals surface area (Å²) in [6, 6.07) is 9.66. The van der Waals surface area contributed by atoms with Gasteiger partial charge in [0.2, 0.25) is 5.91 Å². The summed E-state index contributed by atoms with van der Waals surface area (Å²) >= 11 is 0. The third-order valence-electron chi connectivity index (χ3n) is 3.66. The Hall–Kier alpha value is -1.35. The fraction of sp³-hybridized carbons (Fsp3) is 0.562. The number of rotatable bonds is 4. The number of carbonyl (C=O) groups is 1. The molecule has 0 aliphatic carbocycles. The van der Waals surface area contributed by atoms with Crippen molar-refractivity contribution in [2.24, 2.45) is 11.8 Å². The number of nitrogens with zero attached hydrogens (tertiary/aromatic N) is 1. The third kappa shape index (κ3) is 4.67. The van der Waals surface area contributed by atoms with Gasteiger partial charge in [-0.1, -0.05) is 32.0 Å². The number of likely N-dealkylation sites (tertiary alicyclic amines) is 1. The van der Waals surface area contributed by atoms with Crippen molar-refractivity contribution >= 4 is 11.6 Å². The number of anilines is 1. The Morgan fingerprint density at radius 3 is 2.47 bits per heavy atom. The molecule has 0 aromatic heterocycles. The van der Waals surface area contributed by atoms with Crippen LogP contribution in [0.2, 0.25) is 0 Å². The first kappa shape index (κ1) is 14.1. The van der Waals surface area contributed by atoms with Gasteiger partial charge in [-0.3, -0.25) is 4.79 Å². The quantitative estimate of drug-likeness (QED) is 0.902. The lowest BCUT2D eigenvalue weighted by Gasteiger charge is -2.34. The number of hydrogen-bond acceptors (Lipinski definition) is 2. The van der Waals surface area contributed by atoms with Crippen LogP contribution in [-0.2, 0) is 4.79 Å². The maximum atomic E-state index is 11.9. The zero-order chi connectivity index (χ0) is 13.7. The van der Waals surface area contributed by atoms with E-state index in [1.165, 1.54) is 6.42 Å². The molecule has 1 aromatic carbocycles. The van der Waals surface area contributed by atoms with Gasteiger partial charge in [-0.2, -0.15) is 0 Å². The molecule has 1 N–H and O–H groups in total. The van der Waals surface area contributed by atoms with Crippen LogP contribution in [0.5, 0.6) is 0 Å². The van der Waals surface area contributed by atoms with Gasteiger partial charge in [0.25, 0.3) is 0 Å². The lowest BCUT2D eigenvalue weighted by molar-refractivity contribution is -0.116. The second-order valence-electron chi connectivity index (χ2n) is 5.87. The highest BCUT2D eigenvalue weighted by Crippen LogP contribution is 2.20. The first-order valence-electron chi connectivity index (χ1n) is 7.20. The Balaban J connectivity index is 1.74. The fourth-order valence-corrected chi connectivity index (χ4v) is 2.98. The van der Waals surface area contributed by atoms with Gasteiger partial charge in [0.1, 0.15) is 0 Å². The van der Waals surface area contributed by atoms with Gasteiger partial charge < -0.3 is 10.2 Å². The highest BCUT2D eigenvalue weighted by atomic mass is 16.1. The van der Waals surface area contributed by atoms with E-state index in [4.69, 9.17) is 0 Å². The number of piperidine rings is 1. The van der Waals surface area contributed by atoms with Crippen molar-refractivity contribution in [3.05, 3.63) is 30.3 Å². The summed E-state index contributed by atoms with van der Waals surface area (Å²) in [7, 11) is 0. The highest BCUT2D eigenvalue weighted by molar-refractivity contribution is 5.90. The van der Waals surface area contributed by atoms with E-state index in [2.05, 4.69) is 24.1 Å². The Morgan fingerprint density at radius 2 is 1.84 bits per heavy atom. The fourth-order valence-electron chi connectivity index (χ4n) is 2.98. The van der Waals surface area contributed by atoms with Gasteiger partial charge in [-0.15, -0.1) is 0 Å².